The molecule has 0 aliphatic rings. The molecule has 0 unspecified atom stereocenters. The maximum Gasteiger partial charge on any atom is 0.417 e. The quantitative estimate of drug-likeness (QED) is 0.748. The van der Waals surface area contributed by atoms with Gasteiger partial charge in [-0.25, -0.2) is 0 Å². The Morgan fingerprint density at radius 1 is 1.43 bits per heavy atom. The number of halogens is 4. The molecule has 0 bridgehead atoms. The molecule has 0 saturated carbocycles. The Kier molecular flexibility index (Phi) is 3.31. The number of hydrogen-bond acceptors (Lipinski definition) is 2. The molecule has 1 heterocycles. The van der Waals surface area contributed by atoms with Gasteiger partial charge in [-0.2, -0.15) is 18.4 Å². The van der Waals surface area contributed by atoms with Gasteiger partial charge < -0.3 is 0 Å². The third-order valence-corrected chi connectivity index (χ3v) is 2.35. The fourth-order valence-corrected chi connectivity index (χ4v) is 1.82. The summed E-state index contributed by atoms with van der Waals surface area (Å²) in [6, 6.07) is 1.68. The van der Waals surface area contributed by atoms with Crippen LogP contribution in [0.3, 0.4) is 0 Å². The second-order valence-corrected chi connectivity index (χ2v) is 3.65. The number of nitriles is 1. The van der Waals surface area contributed by atoms with Crippen molar-refractivity contribution in [3.05, 3.63) is 27.1 Å². The van der Waals surface area contributed by atoms with Crippen molar-refractivity contribution in [2.45, 2.75) is 12.6 Å². The van der Waals surface area contributed by atoms with Gasteiger partial charge in [-0.15, -0.1) is 0 Å². The van der Waals surface area contributed by atoms with Gasteiger partial charge in [0.25, 0.3) is 0 Å². The standard InChI is InChI=1S/C8H4F3IN2/c9-8(10,11)7-5(1-2-13)3-14-4-6(7)12/h3-4H,1H2. The summed E-state index contributed by atoms with van der Waals surface area (Å²) in [6.07, 6.45) is -2.50. The number of rotatable bonds is 1. The van der Waals surface area contributed by atoms with Crippen LogP contribution in [0, 0.1) is 14.9 Å². The van der Waals surface area contributed by atoms with E-state index in [-0.39, 0.29) is 15.6 Å². The minimum Gasteiger partial charge on any atom is -0.263 e. The Morgan fingerprint density at radius 3 is 2.57 bits per heavy atom. The van der Waals surface area contributed by atoms with Crippen LogP contribution < -0.4 is 0 Å². The highest BCUT2D eigenvalue weighted by molar-refractivity contribution is 14.1. The molecule has 0 atom stereocenters. The Hall–Kier alpha value is -0.840. The van der Waals surface area contributed by atoms with Gasteiger partial charge in [0.05, 0.1) is 18.1 Å². The molecule has 0 aliphatic heterocycles. The molecule has 0 amide bonds. The van der Waals surface area contributed by atoms with E-state index >= 15 is 0 Å². The van der Waals surface area contributed by atoms with Gasteiger partial charge in [0.2, 0.25) is 0 Å². The molecule has 2 nitrogen and oxygen atoms in total. The SMILES string of the molecule is N#CCc1cncc(I)c1C(F)(F)F. The van der Waals surface area contributed by atoms with Crippen molar-refractivity contribution < 1.29 is 13.2 Å². The third kappa shape index (κ3) is 2.35. The lowest BCUT2D eigenvalue weighted by Gasteiger charge is -2.11. The first kappa shape index (κ1) is 11.2. The van der Waals surface area contributed by atoms with Crippen LogP contribution in [-0.2, 0) is 12.6 Å². The predicted molar refractivity (Wildman–Crippen MR) is 51.3 cm³/mol. The normalized spacial score (nSPS) is 11.1. The number of pyridine rings is 1. The van der Waals surface area contributed by atoms with E-state index < -0.39 is 11.7 Å². The molecule has 14 heavy (non-hydrogen) atoms. The molecule has 0 radical (unpaired) electrons. The van der Waals surface area contributed by atoms with Crippen molar-refractivity contribution in [2.24, 2.45) is 0 Å². The summed E-state index contributed by atoms with van der Waals surface area (Å²) < 4.78 is 37.5. The highest BCUT2D eigenvalue weighted by Gasteiger charge is 2.35. The van der Waals surface area contributed by atoms with E-state index in [0.717, 1.165) is 12.4 Å². The minimum atomic E-state index is -4.42. The number of alkyl halides is 3. The average molecular weight is 312 g/mol. The zero-order chi connectivity index (χ0) is 10.8. The molecule has 0 spiro atoms. The smallest absolute Gasteiger partial charge is 0.263 e. The molecule has 0 N–H and O–H groups in total. The maximum absolute atomic E-state index is 12.5. The van der Waals surface area contributed by atoms with Crippen LogP contribution in [0.2, 0.25) is 0 Å². The second-order valence-electron chi connectivity index (χ2n) is 2.49. The van der Waals surface area contributed by atoms with Crippen molar-refractivity contribution in [3.8, 4) is 6.07 Å². The van der Waals surface area contributed by atoms with Crippen molar-refractivity contribution in [1.82, 2.24) is 4.98 Å². The summed E-state index contributed by atoms with van der Waals surface area (Å²) >= 11 is 1.56. The molecule has 1 rings (SSSR count). The van der Waals surface area contributed by atoms with Crippen LogP contribution >= 0.6 is 22.6 Å². The Labute approximate surface area is 91.9 Å². The van der Waals surface area contributed by atoms with Gasteiger partial charge in [0.1, 0.15) is 0 Å². The Bertz CT molecular complexity index is 381. The van der Waals surface area contributed by atoms with E-state index in [1.165, 1.54) is 0 Å². The Morgan fingerprint density at radius 2 is 2.07 bits per heavy atom. The number of hydrogen-bond donors (Lipinski definition) is 0. The summed E-state index contributed by atoms with van der Waals surface area (Å²) in [7, 11) is 0. The van der Waals surface area contributed by atoms with Crippen LogP contribution in [0.15, 0.2) is 12.4 Å². The highest BCUT2D eigenvalue weighted by atomic mass is 127. The lowest BCUT2D eigenvalue weighted by molar-refractivity contribution is -0.138. The highest BCUT2D eigenvalue weighted by Crippen LogP contribution is 2.34. The molecule has 1 aromatic heterocycles. The zero-order valence-corrected chi connectivity index (χ0v) is 8.93. The topological polar surface area (TPSA) is 36.7 Å². The van der Waals surface area contributed by atoms with Gasteiger partial charge in [-0.1, -0.05) is 0 Å². The minimum absolute atomic E-state index is 0.0165. The first-order valence-electron chi connectivity index (χ1n) is 3.53. The third-order valence-electron chi connectivity index (χ3n) is 1.53. The van der Waals surface area contributed by atoms with E-state index in [9.17, 15) is 13.2 Å². The number of nitrogens with zero attached hydrogens (tertiary/aromatic N) is 2. The summed E-state index contributed by atoms with van der Waals surface area (Å²) in [5.74, 6) is 0. The molecular formula is C8H4F3IN2. The van der Waals surface area contributed by atoms with Crippen molar-refractivity contribution >= 4 is 22.6 Å². The van der Waals surface area contributed by atoms with Gasteiger partial charge in [-0.05, 0) is 28.2 Å². The van der Waals surface area contributed by atoms with Crippen molar-refractivity contribution in [2.75, 3.05) is 0 Å². The maximum atomic E-state index is 12.5. The van der Waals surface area contributed by atoms with Gasteiger partial charge in [0, 0.05) is 16.0 Å². The lowest BCUT2D eigenvalue weighted by Crippen LogP contribution is -2.12. The molecule has 6 heteroatoms. The largest absolute Gasteiger partial charge is 0.417 e. The van der Waals surface area contributed by atoms with E-state index in [4.69, 9.17) is 5.26 Å². The fraction of sp³-hybridized carbons (Fsp3) is 0.250. The lowest BCUT2D eigenvalue weighted by atomic mass is 10.1. The monoisotopic (exact) mass is 312 g/mol. The Balaban J connectivity index is 3.31. The first-order chi connectivity index (χ1) is 6.46. The van der Waals surface area contributed by atoms with Crippen LogP contribution in [0.4, 0.5) is 13.2 Å². The first-order valence-corrected chi connectivity index (χ1v) is 4.61. The van der Waals surface area contributed by atoms with E-state index in [1.54, 1.807) is 28.7 Å². The van der Waals surface area contributed by atoms with Gasteiger partial charge in [-0.3, -0.25) is 4.98 Å². The van der Waals surface area contributed by atoms with E-state index in [2.05, 4.69) is 4.98 Å². The molecule has 0 aliphatic carbocycles. The summed E-state index contributed by atoms with van der Waals surface area (Å²) in [4.78, 5) is 3.62. The molecule has 74 valence electrons. The van der Waals surface area contributed by atoms with Crippen molar-refractivity contribution in [1.29, 1.82) is 5.26 Å². The predicted octanol–water partition coefficient (Wildman–Crippen LogP) is 2.77. The summed E-state index contributed by atoms with van der Waals surface area (Å²) in [5.41, 5.74) is -0.832. The van der Waals surface area contributed by atoms with E-state index in [1.807, 2.05) is 0 Å². The zero-order valence-electron chi connectivity index (χ0n) is 6.77. The molecular weight excluding hydrogens is 308 g/mol. The van der Waals surface area contributed by atoms with Crippen LogP contribution in [0.25, 0.3) is 0 Å². The van der Waals surface area contributed by atoms with Gasteiger partial charge in [0.15, 0.2) is 0 Å². The van der Waals surface area contributed by atoms with E-state index in [0.29, 0.717) is 0 Å². The molecule has 1 aromatic rings. The summed E-state index contributed by atoms with van der Waals surface area (Å²) in [6.45, 7) is 0. The average Bonchev–Trinajstić information content (AvgIpc) is 2.02. The van der Waals surface area contributed by atoms with Crippen LogP contribution in [0.1, 0.15) is 11.1 Å². The second kappa shape index (κ2) is 4.13. The number of aromatic nitrogens is 1. The molecule has 0 fully saturated rings. The van der Waals surface area contributed by atoms with Crippen LogP contribution in [0.5, 0.6) is 0 Å². The summed E-state index contributed by atoms with van der Waals surface area (Å²) in [5, 5.41) is 8.35. The fourth-order valence-electron chi connectivity index (χ4n) is 1.01. The van der Waals surface area contributed by atoms with Crippen molar-refractivity contribution in [3.63, 3.8) is 0 Å². The van der Waals surface area contributed by atoms with Gasteiger partial charge >= 0.3 is 6.18 Å². The molecule has 0 aromatic carbocycles. The van der Waals surface area contributed by atoms with Crippen LogP contribution in [-0.4, -0.2) is 4.98 Å². The molecule has 0 saturated heterocycles.